The zero-order valence-electron chi connectivity index (χ0n) is 14.6. The Hall–Kier alpha value is -2.88. The Balaban J connectivity index is 2.01. The smallest absolute Gasteiger partial charge is 0.299 e. The molecule has 0 aliphatic carbocycles. The van der Waals surface area contributed by atoms with Crippen molar-refractivity contribution in [2.45, 2.75) is 25.3 Å². The van der Waals surface area contributed by atoms with Crippen molar-refractivity contribution in [3.63, 3.8) is 0 Å². The molecule has 3 rings (SSSR count). The maximum atomic E-state index is 14.7. The maximum absolute atomic E-state index is 14.7. The molecule has 1 amide bonds. The van der Waals surface area contributed by atoms with Gasteiger partial charge in [0.2, 0.25) is 0 Å². The second-order valence-corrected chi connectivity index (χ2v) is 6.37. The predicted molar refractivity (Wildman–Crippen MR) is 90.3 cm³/mol. The van der Waals surface area contributed by atoms with Crippen LogP contribution in [0.15, 0.2) is 34.0 Å². The van der Waals surface area contributed by atoms with Gasteiger partial charge in [-0.25, -0.2) is 13.2 Å². The van der Waals surface area contributed by atoms with Crippen LogP contribution < -0.4 is 11.1 Å². The highest BCUT2D eigenvalue weighted by Crippen LogP contribution is 2.44. The molecule has 1 atom stereocenters. The third kappa shape index (κ3) is 3.39. The lowest BCUT2D eigenvalue weighted by Crippen LogP contribution is -2.45. The summed E-state index contributed by atoms with van der Waals surface area (Å²) in [6.45, 7) is 1.43. The third-order valence-corrected chi connectivity index (χ3v) is 4.32. The number of alkyl halides is 2. The molecule has 27 heavy (non-hydrogen) atoms. The number of benzene rings is 1. The third-order valence-electron chi connectivity index (χ3n) is 4.32. The van der Waals surface area contributed by atoms with Crippen molar-refractivity contribution in [3.8, 4) is 0 Å². The Morgan fingerprint density at radius 2 is 2.11 bits per heavy atom. The summed E-state index contributed by atoms with van der Waals surface area (Å²) in [4.78, 5) is 16.1. The highest BCUT2D eigenvalue weighted by Gasteiger charge is 2.54. The number of hydrogen-bond acceptors (Lipinski definition) is 6. The highest BCUT2D eigenvalue weighted by molar-refractivity contribution is 6.03. The number of nitrogens with zero attached hydrogens (tertiary/aromatic N) is 2. The van der Waals surface area contributed by atoms with Gasteiger partial charge < -0.3 is 20.3 Å². The van der Waals surface area contributed by atoms with Crippen LogP contribution >= 0.6 is 0 Å². The van der Waals surface area contributed by atoms with Gasteiger partial charge in [0.05, 0.1) is 0 Å². The Morgan fingerprint density at radius 1 is 1.37 bits per heavy atom. The minimum absolute atomic E-state index is 0.0301. The number of ether oxygens (including phenoxy) is 1. The summed E-state index contributed by atoms with van der Waals surface area (Å²) in [5.41, 5.74) is 3.49. The quantitative estimate of drug-likeness (QED) is 0.850. The number of hydrogen-bond donors (Lipinski definition) is 2. The van der Waals surface area contributed by atoms with E-state index in [0.717, 1.165) is 19.1 Å². The molecule has 0 spiro atoms. The molecule has 0 saturated heterocycles. The number of nitrogens with two attached hydrogens (primary N) is 1. The van der Waals surface area contributed by atoms with Crippen molar-refractivity contribution in [3.05, 3.63) is 47.1 Å². The number of amides is 1. The molecule has 0 fully saturated rings. The van der Waals surface area contributed by atoms with E-state index in [-0.39, 0.29) is 23.8 Å². The van der Waals surface area contributed by atoms with E-state index in [0.29, 0.717) is 5.56 Å². The van der Waals surface area contributed by atoms with Gasteiger partial charge >= 0.3 is 0 Å². The normalized spacial score (nSPS) is 22.0. The van der Waals surface area contributed by atoms with Gasteiger partial charge in [-0.2, -0.15) is 0 Å². The number of carbonyl (C=O) groups is 1. The second-order valence-electron chi connectivity index (χ2n) is 6.37. The van der Waals surface area contributed by atoms with Crippen LogP contribution in [-0.2, 0) is 10.3 Å². The fourth-order valence-electron chi connectivity index (χ4n) is 2.76. The summed E-state index contributed by atoms with van der Waals surface area (Å²) in [6.07, 6.45) is 1.29. The molecule has 1 aliphatic heterocycles. The lowest BCUT2D eigenvalue weighted by Gasteiger charge is -2.33. The number of aryl methyl sites for hydroxylation is 1. The SMILES string of the molecule is Cc1conc1C(=O)Nc1ccc(F)c([C@@]2(C)N=C(N)COCC2(F)F)c1. The molecule has 3 N–H and O–H groups in total. The van der Waals surface area contributed by atoms with Crippen LogP contribution in [-0.4, -0.2) is 36.0 Å². The molecule has 1 aliphatic rings. The van der Waals surface area contributed by atoms with Gasteiger partial charge in [0.15, 0.2) is 11.2 Å². The first kappa shape index (κ1) is 18.9. The van der Waals surface area contributed by atoms with Crippen molar-refractivity contribution in [1.29, 1.82) is 0 Å². The first-order valence-electron chi connectivity index (χ1n) is 7.96. The fourth-order valence-corrected chi connectivity index (χ4v) is 2.76. The highest BCUT2D eigenvalue weighted by atomic mass is 19.3. The number of anilines is 1. The van der Waals surface area contributed by atoms with Gasteiger partial charge in [0, 0.05) is 16.8 Å². The van der Waals surface area contributed by atoms with Crippen molar-refractivity contribution >= 4 is 17.4 Å². The Morgan fingerprint density at radius 3 is 2.78 bits per heavy atom. The standard InChI is InChI=1S/C17H17F3N4O3/c1-9-6-27-24-14(9)15(25)22-10-3-4-12(18)11(5-10)16(2)17(19,20)8-26-7-13(21)23-16/h3-6H,7-8H2,1-2H3,(H2,21,23)(H,22,25)/t16-/m1/s1. The molecular formula is C17H17F3N4O3. The summed E-state index contributed by atoms with van der Waals surface area (Å²) >= 11 is 0. The predicted octanol–water partition coefficient (Wildman–Crippen LogP) is 2.61. The van der Waals surface area contributed by atoms with E-state index in [2.05, 4.69) is 15.5 Å². The van der Waals surface area contributed by atoms with Crippen LogP contribution in [0.3, 0.4) is 0 Å². The number of amidine groups is 1. The fraction of sp³-hybridized carbons (Fsp3) is 0.353. The number of rotatable bonds is 3. The van der Waals surface area contributed by atoms with Gasteiger partial charge in [-0.05, 0) is 32.0 Å². The molecule has 7 nitrogen and oxygen atoms in total. The van der Waals surface area contributed by atoms with Crippen LogP contribution in [0.1, 0.15) is 28.5 Å². The first-order valence-corrected chi connectivity index (χ1v) is 7.96. The van der Waals surface area contributed by atoms with E-state index >= 15 is 0 Å². The molecule has 2 heterocycles. The summed E-state index contributed by atoms with van der Waals surface area (Å²) < 4.78 is 53.3. The molecule has 0 saturated carbocycles. The summed E-state index contributed by atoms with van der Waals surface area (Å²) in [6, 6.07) is 3.31. The van der Waals surface area contributed by atoms with E-state index in [9.17, 15) is 18.0 Å². The van der Waals surface area contributed by atoms with Crippen molar-refractivity contribution in [2.75, 3.05) is 18.5 Å². The molecule has 1 aromatic carbocycles. The van der Waals surface area contributed by atoms with E-state index < -0.39 is 35.4 Å². The zero-order chi connectivity index (χ0) is 19.8. The van der Waals surface area contributed by atoms with E-state index in [1.165, 1.54) is 12.3 Å². The second kappa shape index (κ2) is 6.69. The van der Waals surface area contributed by atoms with Crippen molar-refractivity contribution in [1.82, 2.24) is 5.16 Å². The monoisotopic (exact) mass is 382 g/mol. The van der Waals surface area contributed by atoms with Crippen LogP contribution in [0.25, 0.3) is 0 Å². The van der Waals surface area contributed by atoms with E-state index in [1.54, 1.807) is 6.92 Å². The van der Waals surface area contributed by atoms with E-state index in [4.69, 9.17) is 15.0 Å². The van der Waals surface area contributed by atoms with Gasteiger partial charge in [0.25, 0.3) is 11.8 Å². The topological polar surface area (TPSA) is 103 Å². The largest absolute Gasteiger partial charge is 0.385 e. The molecule has 1 aromatic heterocycles. The van der Waals surface area contributed by atoms with E-state index in [1.807, 2.05) is 0 Å². The average Bonchev–Trinajstić information content (AvgIpc) is 2.98. The number of nitrogens with one attached hydrogen (secondary N) is 1. The lowest BCUT2D eigenvalue weighted by molar-refractivity contribution is -0.116. The number of carbonyl (C=O) groups excluding carboxylic acids is 1. The molecule has 0 radical (unpaired) electrons. The molecular weight excluding hydrogens is 365 g/mol. The number of aliphatic imine (C=N–C) groups is 1. The molecule has 0 bridgehead atoms. The molecule has 2 aromatic rings. The van der Waals surface area contributed by atoms with Gasteiger partial charge in [-0.3, -0.25) is 9.79 Å². The van der Waals surface area contributed by atoms with Gasteiger partial charge in [-0.15, -0.1) is 0 Å². The summed E-state index contributed by atoms with van der Waals surface area (Å²) in [7, 11) is 0. The zero-order valence-corrected chi connectivity index (χ0v) is 14.6. The minimum Gasteiger partial charge on any atom is -0.385 e. The molecule has 144 valence electrons. The maximum Gasteiger partial charge on any atom is 0.299 e. The molecule has 0 unspecified atom stereocenters. The summed E-state index contributed by atoms with van der Waals surface area (Å²) in [5.74, 6) is -5.24. The van der Waals surface area contributed by atoms with Crippen LogP contribution in [0.4, 0.5) is 18.9 Å². The Bertz CT molecular complexity index is 913. The average molecular weight is 382 g/mol. The summed E-state index contributed by atoms with van der Waals surface area (Å²) in [5, 5.41) is 6.04. The Labute approximate surface area is 152 Å². The number of halogens is 3. The lowest BCUT2D eigenvalue weighted by atomic mass is 9.85. The Kier molecular flexibility index (Phi) is 4.68. The first-order chi connectivity index (χ1) is 12.6. The van der Waals surface area contributed by atoms with Crippen LogP contribution in [0.5, 0.6) is 0 Å². The number of aromatic nitrogens is 1. The van der Waals surface area contributed by atoms with Crippen LogP contribution in [0.2, 0.25) is 0 Å². The molecule has 10 heteroatoms. The van der Waals surface area contributed by atoms with Crippen molar-refractivity contribution < 1.29 is 27.2 Å². The minimum atomic E-state index is -3.53. The van der Waals surface area contributed by atoms with Crippen LogP contribution in [0, 0.1) is 12.7 Å². The van der Waals surface area contributed by atoms with Gasteiger partial charge in [0.1, 0.15) is 31.1 Å². The van der Waals surface area contributed by atoms with Crippen molar-refractivity contribution in [2.24, 2.45) is 10.7 Å². The van der Waals surface area contributed by atoms with Gasteiger partial charge in [-0.1, -0.05) is 5.16 Å².